The van der Waals surface area contributed by atoms with Crippen molar-refractivity contribution in [1.82, 2.24) is 4.98 Å². The molecule has 0 bridgehead atoms. The highest BCUT2D eigenvalue weighted by Crippen LogP contribution is 2.36. The van der Waals surface area contributed by atoms with Crippen LogP contribution in [0.2, 0.25) is 0 Å². The summed E-state index contributed by atoms with van der Waals surface area (Å²) in [7, 11) is 0. The normalized spacial score (nSPS) is 15.9. The van der Waals surface area contributed by atoms with Crippen molar-refractivity contribution in [3.8, 4) is 0 Å². The molecule has 3 heteroatoms. The smallest absolute Gasteiger partial charge is 0.124 e. The number of anilines is 1. The fourth-order valence-corrected chi connectivity index (χ4v) is 3.24. The van der Waals surface area contributed by atoms with Crippen LogP contribution in [0.15, 0.2) is 18.2 Å². The van der Waals surface area contributed by atoms with Crippen LogP contribution in [0, 0.1) is 12.7 Å². The van der Waals surface area contributed by atoms with Crippen LogP contribution in [0.4, 0.5) is 10.1 Å². The predicted molar refractivity (Wildman–Crippen MR) is 81.8 cm³/mol. The Bertz CT molecular complexity index is 630. The van der Waals surface area contributed by atoms with Crippen LogP contribution >= 0.6 is 0 Å². The van der Waals surface area contributed by atoms with E-state index < -0.39 is 0 Å². The highest BCUT2D eigenvalue weighted by molar-refractivity contribution is 5.93. The molecular weight excluding hydrogens is 251 g/mol. The lowest BCUT2D eigenvalue weighted by Gasteiger charge is -2.15. The fourth-order valence-electron chi connectivity index (χ4n) is 3.24. The molecule has 1 aliphatic rings. The Balaban J connectivity index is 2.19. The number of pyridine rings is 1. The summed E-state index contributed by atoms with van der Waals surface area (Å²) >= 11 is 0. The first-order chi connectivity index (χ1) is 9.69. The SMILES string of the molecule is CCNc1cc(C2CCCC2)nc2c(C)cc(F)cc12. The summed E-state index contributed by atoms with van der Waals surface area (Å²) in [4.78, 5) is 4.83. The van der Waals surface area contributed by atoms with Gasteiger partial charge < -0.3 is 5.32 Å². The van der Waals surface area contributed by atoms with Crippen LogP contribution in [0.25, 0.3) is 10.9 Å². The van der Waals surface area contributed by atoms with Crippen LogP contribution in [0.1, 0.15) is 49.8 Å². The largest absolute Gasteiger partial charge is 0.385 e. The molecule has 0 unspecified atom stereocenters. The quantitative estimate of drug-likeness (QED) is 0.870. The second kappa shape index (κ2) is 5.39. The van der Waals surface area contributed by atoms with Gasteiger partial charge in [0.15, 0.2) is 0 Å². The molecule has 1 aromatic heterocycles. The summed E-state index contributed by atoms with van der Waals surface area (Å²) in [5.74, 6) is 0.380. The first kappa shape index (κ1) is 13.3. The Morgan fingerprint density at radius 2 is 2.00 bits per heavy atom. The van der Waals surface area contributed by atoms with E-state index in [0.29, 0.717) is 5.92 Å². The van der Waals surface area contributed by atoms with E-state index in [2.05, 4.69) is 18.3 Å². The maximum atomic E-state index is 13.7. The number of aryl methyl sites for hydroxylation is 1. The van der Waals surface area contributed by atoms with Gasteiger partial charge in [-0.05, 0) is 50.5 Å². The lowest BCUT2D eigenvalue weighted by atomic mass is 10.00. The topological polar surface area (TPSA) is 24.9 Å². The van der Waals surface area contributed by atoms with Crippen LogP contribution in [-0.4, -0.2) is 11.5 Å². The minimum Gasteiger partial charge on any atom is -0.385 e. The molecule has 3 rings (SSSR count). The van der Waals surface area contributed by atoms with Gasteiger partial charge in [-0.2, -0.15) is 0 Å². The van der Waals surface area contributed by atoms with Gasteiger partial charge in [0.25, 0.3) is 0 Å². The number of nitrogens with one attached hydrogen (secondary N) is 1. The van der Waals surface area contributed by atoms with Gasteiger partial charge in [-0.15, -0.1) is 0 Å². The average Bonchev–Trinajstić information content (AvgIpc) is 2.93. The molecular formula is C17H21FN2. The Morgan fingerprint density at radius 1 is 1.25 bits per heavy atom. The number of halogens is 1. The van der Waals surface area contributed by atoms with Gasteiger partial charge in [-0.1, -0.05) is 12.8 Å². The number of hydrogen-bond acceptors (Lipinski definition) is 2. The van der Waals surface area contributed by atoms with Gasteiger partial charge >= 0.3 is 0 Å². The van der Waals surface area contributed by atoms with Crippen LogP contribution < -0.4 is 5.32 Å². The molecule has 1 heterocycles. The predicted octanol–water partition coefficient (Wildman–Crippen LogP) is 4.77. The van der Waals surface area contributed by atoms with E-state index in [-0.39, 0.29) is 5.82 Å². The monoisotopic (exact) mass is 272 g/mol. The lowest BCUT2D eigenvalue weighted by Crippen LogP contribution is -2.04. The standard InChI is InChI=1S/C17H21FN2/c1-3-19-16-10-15(12-6-4-5-7-12)20-17-11(2)8-13(18)9-14(16)17/h8-10,12H,3-7H2,1-2H3,(H,19,20). The molecule has 106 valence electrons. The molecule has 1 aromatic carbocycles. The minimum absolute atomic E-state index is 0.190. The van der Waals surface area contributed by atoms with Gasteiger partial charge in [0.2, 0.25) is 0 Å². The second-order valence-electron chi connectivity index (χ2n) is 5.73. The highest BCUT2D eigenvalue weighted by Gasteiger charge is 2.20. The first-order valence-electron chi connectivity index (χ1n) is 7.53. The van der Waals surface area contributed by atoms with E-state index >= 15 is 0 Å². The number of fused-ring (bicyclic) bond motifs is 1. The maximum absolute atomic E-state index is 13.7. The Hall–Kier alpha value is -1.64. The summed E-state index contributed by atoms with van der Waals surface area (Å²) in [6, 6.07) is 5.29. The lowest BCUT2D eigenvalue weighted by molar-refractivity contribution is 0.628. The van der Waals surface area contributed by atoms with Crippen molar-refractivity contribution in [3.05, 3.63) is 35.3 Å². The molecule has 1 N–H and O–H groups in total. The molecule has 2 nitrogen and oxygen atoms in total. The third kappa shape index (κ3) is 2.37. The van der Waals surface area contributed by atoms with Gasteiger partial charge in [0.1, 0.15) is 5.82 Å². The molecule has 0 amide bonds. The van der Waals surface area contributed by atoms with E-state index in [0.717, 1.165) is 28.7 Å². The zero-order valence-corrected chi connectivity index (χ0v) is 12.2. The first-order valence-corrected chi connectivity index (χ1v) is 7.53. The Morgan fingerprint density at radius 3 is 2.70 bits per heavy atom. The number of aromatic nitrogens is 1. The summed E-state index contributed by atoms with van der Waals surface area (Å²) in [5.41, 5.74) is 4.04. The summed E-state index contributed by atoms with van der Waals surface area (Å²) in [6.45, 7) is 4.83. The summed E-state index contributed by atoms with van der Waals surface area (Å²) in [5, 5.41) is 4.26. The van der Waals surface area contributed by atoms with Crippen molar-refractivity contribution in [1.29, 1.82) is 0 Å². The molecule has 0 atom stereocenters. The summed E-state index contributed by atoms with van der Waals surface area (Å²) < 4.78 is 13.7. The Kier molecular flexibility index (Phi) is 3.60. The third-order valence-electron chi connectivity index (χ3n) is 4.23. The molecule has 2 aromatic rings. The second-order valence-corrected chi connectivity index (χ2v) is 5.73. The molecule has 0 saturated heterocycles. The van der Waals surface area contributed by atoms with E-state index in [1.807, 2.05) is 6.92 Å². The van der Waals surface area contributed by atoms with Crippen molar-refractivity contribution in [2.45, 2.75) is 45.4 Å². The molecule has 0 radical (unpaired) electrons. The molecule has 20 heavy (non-hydrogen) atoms. The Labute approximate surface area is 119 Å². The van der Waals surface area contributed by atoms with E-state index in [9.17, 15) is 4.39 Å². The van der Waals surface area contributed by atoms with Crippen molar-refractivity contribution < 1.29 is 4.39 Å². The average molecular weight is 272 g/mol. The van der Waals surface area contributed by atoms with E-state index in [4.69, 9.17) is 4.98 Å². The zero-order valence-electron chi connectivity index (χ0n) is 12.2. The molecule has 0 spiro atoms. The van der Waals surface area contributed by atoms with E-state index in [1.54, 1.807) is 12.1 Å². The number of rotatable bonds is 3. The summed E-state index contributed by atoms with van der Waals surface area (Å²) in [6.07, 6.45) is 5.04. The zero-order chi connectivity index (χ0) is 14.1. The van der Waals surface area contributed by atoms with Crippen LogP contribution in [0.5, 0.6) is 0 Å². The molecule has 1 aliphatic carbocycles. The van der Waals surface area contributed by atoms with Gasteiger partial charge in [-0.3, -0.25) is 4.98 Å². The number of benzene rings is 1. The minimum atomic E-state index is -0.190. The molecule has 1 fully saturated rings. The van der Waals surface area contributed by atoms with Crippen molar-refractivity contribution in [2.24, 2.45) is 0 Å². The van der Waals surface area contributed by atoms with Crippen LogP contribution in [0.3, 0.4) is 0 Å². The van der Waals surface area contributed by atoms with Crippen LogP contribution in [-0.2, 0) is 0 Å². The van der Waals surface area contributed by atoms with Gasteiger partial charge in [0.05, 0.1) is 5.52 Å². The van der Waals surface area contributed by atoms with Crippen molar-refractivity contribution >= 4 is 16.6 Å². The van der Waals surface area contributed by atoms with Crippen molar-refractivity contribution in [3.63, 3.8) is 0 Å². The maximum Gasteiger partial charge on any atom is 0.124 e. The fraction of sp³-hybridized carbons (Fsp3) is 0.471. The molecule has 0 aliphatic heterocycles. The van der Waals surface area contributed by atoms with Gasteiger partial charge in [0, 0.05) is 29.2 Å². The number of hydrogen-bond donors (Lipinski definition) is 1. The third-order valence-corrected chi connectivity index (χ3v) is 4.23. The number of nitrogens with zero attached hydrogens (tertiary/aromatic N) is 1. The highest BCUT2D eigenvalue weighted by atomic mass is 19.1. The molecule has 1 saturated carbocycles. The van der Waals surface area contributed by atoms with E-state index in [1.165, 1.54) is 31.4 Å². The van der Waals surface area contributed by atoms with Crippen molar-refractivity contribution in [2.75, 3.05) is 11.9 Å². The van der Waals surface area contributed by atoms with Gasteiger partial charge in [-0.25, -0.2) is 4.39 Å².